The van der Waals surface area contributed by atoms with Gasteiger partial charge in [0.15, 0.2) is 0 Å². The lowest BCUT2D eigenvalue weighted by Gasteiger charge is -2.02. The largest absolute Gasteiger partial charge is 0.507 e. The monoisotopic (exact) mass is 260 g/mol. The van der Waals surface area contributed by atoms with Crippen molar-refractivity contribution in [3.05, 3.63) is 27.7 Å². The molecule has 0 amide bonds. The van der Waals surface area contributed by atoms with Gasteiger partial charge in [0, 0.05) is 0 Å². The molecule has 0 saturated heterocycles. The third-order valence-electron chi connectivity index (χ3n) is 1.48. The molecule has 1 aromatic rings. The lowest BCUT2D eigenvalue weighted by molar-refractivity contribution is 0.0696. The van der Waals surface area contributed by atoms with Crippen LogP contribution in [-0.2, 0) is 0 Å². The smallest absolute Gasteiger partial charge is 0.335 e. The number of aryl methyl sites for hydroxylation is 1. The van der Waals surface area contributed by atoms with Crippen LogP contribution in [0.25, 0.3) is 0 Å². The molecule has 0 aliphatic heterocycles. The van der Waals surface area contributed by atoms with Gasteiger partial charge in [0.05, 0.1) is 10.0 Å². The van der Waals surface area contributed by atoms with E-state index in [1.165, 1.54) is 12.1 Å². The van der Waals surface area contributed by atoms with Crippen molar-refractivity contribution >= 4 is 21.9 Å². The first kappa shape index (κ1) is 13.0. The van der Waals surface area contributed by atoms with Crippen LogP contribution in [0.2, 0.25) is 0 Å². The Labute approximate surface area is 91.5 Å². The van der Waals surface area contributed by atoms with Crippen molar-refractivity contribution in [2.45, 2.75) is 20.8 Å². The Kier molecular flexibility index (Phi) is 5.23. The second-order valence-corrected chi connectivity index (χ2v) is 3.22. The number of carboxylic acids is 1. The van der Waals surface area contributed by atoms with E-state index >= 15 is 0 Å². The summed E-state index contributed by atoms with van der Waals surface area (Å²) in [7, 11) is 0. The zero-order chi connectivity index (χ0) is 11.3. The first-order chi connectivity index (χ1) is 6.52. The van der Waals surface area contributed by atoms with E-state index in [2.05, 4.69) is 15.9 Å². The third-order valence-corrected chi connectivity index (χ3v) is 2.51. The minimum atomic E-state index is -1.04. The molecular formula is C10H13BrO3. The van der Waals surface area contributed by atoms with E-state index in [-0.39, 0.29) is 11.3 Å². The van der Waals surface area contributed by atoms with Crippen LogP contribution < -0.4 is 0 Å². The van der Waals surface area contributed by atoms with Crippen LogP contribution in [0.3, 0.4) is 0 Å². The third kappa shape index (κ3) is 3.03. The number of phenols is 1. The maximum absolute atomic E-state index is 10.5. The molecule has 0 spiro atoms. The number of hydrogen-bond donors (Lipinski definition) is 2. The summed E-state index contributed by atoms with van der Waals surface area (Å²) in [6.07, 6.45) is 0. The number of halogens is 1. The van der Waals surface area contributed by atoms with Gasteiger partial charge in [0.2, 0.25) is 0 Å². The van der Waals surface area contributed by atoms with Gasteiger partial charge in [-0.05, 0) is 40.5 Å². The van der Waals surface area contributed by atoms with Crippen LogP contribution in [0.15, 0.2) is 16.6 Å². The maximum Gasteiger partial charge on any atom is 0.335 e. The number of phenolic OH excluding ortho intramolecular Hbond substituents is 1. The van der Waals surface area contributed by atoms with Crippen molar-refractivity contribution in [3.8, 4) is 5.75 Å². The van der Waals surface area contributed by atoms with Gasteiger partial charge in [-0.15, -0.1) is 0 Å². The highest BCUT2D eigenvalue weighted by atomic mass is 79.9. The van der Waals surface area contributed by atoms with Crippen LogP contribution >= 0.6 is 15.9 Å². The fraction of sp³-hybridized carbons (Fsp3) is 0.300. The van der Waals surface area contributed by atoms with Crippen LogP contribution in [0.5, 0.6) is 5.75 Å². The van der Waals surface area contributed by atoms with E-state index in [0.717, 1.165) is 0 Å². The summed E-state index contributed by atoms with van der Waals surface area (Å²) in [5.41, 5.74) is 0.792. The molecule has 4 heteroatoms. The van der Waals surface area contributed by atoms with Gasteiger partial charge in [0.1, 0.15) is 5.75 Å². The van der Waals surface area contributed by atoms with Crippen molar-refractivity contribution in [1.29, 1.82) is 0 Å². The van der Waals surface area contributed by atoms with Crippen molar-refractivity contribution < 1.29 is 15.0 Å². The van der Waals surface area contributed by atoms with Gasteiger partial charge in [-0.1, -0.05) is 13.8 Å². The number of hydrogen-bond acceptors (Lipinski definition) is 2. The van der Waals surface area contributed by atoms with Gasteiger partial charge < -0.3 is 10.2 Å². The van der Waals surface area contributed by atoms with Crippen LogP contribution in [0, 0.1) is 6.92 Å². The number of carboxylic acid groups (broad SMARTS) is 1. The molecule has 0 bridgehead atoms. The standard InChI is InChI=1S/C8H7BrO3.C2H6/c1-4-2-5(8(11)12)3-6(10)7(4)9;1-2/h2-3,10H,1H3,(H,11,12);1-2H3. The molecule has 1 rings (SSSR count). The Bertz CT molecular complexity index is 311. The topological polar surface area (TPSA) is 57.5 Å². The van der Waals surface area contributed by atoms with Gasteiger partial charge >= 0.3 is 5.97 Å². The fourth-order valence-corrected chi connectivity index (χ4v) is 1.10. The molecule has 78 valence electrons. The number of aromatic hydroxyl groups is 1. The zero-order valence-corrected chi connectivity index (χ0v) is 9.92. The summed E-state index contributed by atoms with van der Waals surface area (Å²) in [5.74, 6) is -1.09. The Balaban J connectivity index is 0.000000791. The highest BCUT2D eigenvalue weighted by Gasteiger charge is 2.08. The average Bonchev–Trinajstić information content (AvgIpc) is 2.16. The Morgan fingerprint density at radius 1 is 1.36 bits per heavy atom. The van der Waals surface area contributed by atoms with E-state index in [1.807, 2.05) is 13.8 Å². The number of rotatable bonds is 1. The molecule has 0 radical (unpaired) electrons. The molecule has 1 aromatic carbocycles. The van der Waals surface area contributed by atoms with Crippen LogP contribution in [0.1, 0.15) is 29.8 Å². The van der Waals surface area contributed by atoms with Crippen molar-refractivity contribution in [2.75, 3.05) is 0 Å². The normalized spacial score (nSPS) is 8.86. The van der Waals surface area contributed by atoms with Crippen LogP contribution in [0.4, 0.5) is 0 Å². The number of aromatic carboxylic acids is 1. The van der Waals surface area contributed by atoms with Gasteiger partial charge in [-0.2, -0.15) is 0 Å². The summed E-state index contributed by atoms with van der Waals surface area (Å²) in [6, 6.07) is 2.70. The lowest BCUT2D eigenvalue weighted by Crippen LogP contribution is -1.96. The van der Waals surface area contributed by atoms with Crippen molar-refractivity contribution in [1.82, 2.24) is 0 Å². The highest BCUT2D eigenvalue weighted by Crippen LogP contribution is 2.28. The molecule has 2 N–H and O–H groups in total. The predicted octanol–water partition coefficient (Wildman–Crippen LogP) is 3.19. The quantitative estimate of drug-likeness (QED) is 0.816. The molecule has 0 aliphatic rings. The fourth-order valence-electron chi connectivity index (χ4n) is 0.874. The first-order valence-corrected chi connectivity index (χ1v) is 5.04. The Morgan fingerprint density at radius 3 is 2.21 bits per heavy atom. The Hall–Kier alpha value is -1.03. The Morgan fingerprint density at radius 2 is 1.86 bits per heavy atom. The number of benzene rings is 1. The van der Waals surface area contributed by atoms with Crippen molar-refractivity contribution in [2.24, 2.45) is 0 Å². The van der Waals surface area contributed by atoms with Gasteiger partial charge in [-0.25, -0.2) is 4.79 Å². The highest BCUT2D eigenvalue weighted by molar-refractivity contribution is 9.10. The lowest BCUT2D eigenvalue weighted by atomic mass is 10.1. The van der Waals surface area contributed by atoms with Gasteiger partial charge in [-0.3, -0.25) is 0 Å². The molecule has 3 nitrogen and oxygen atoms in total. The predicted molar refractivity (Wildman–Crippen MR) is 58.9 cm³/mol. The molecule has 0 fully saturated rings. The minimum absolute atomic E-state index is 0.0487. The molecule has 0 aromatic heterocycles. The summed E-state index contributed by atoms with van der Waals surface area (Å²) in [4.78, 5) is 10.5. The number of carbonyl (C=O) groups is 1. The maximum atomic E-state index is 10.5. The molecule has 0 atom stereocenters. The molecule has 0 aliphatic carbocycles. The van der Waals surface area contributed by atoms with E-state index < -0.39 is 5.97 Å². The molecule has 0 saturated carbocycles. The minimum Gasteiger partial charge on any atom is -0.507 e. The summed E-state index contributed by atoms with van der Waals surface area (Å²) in [6.45, 7) is 5.72. The second kappa shape index (κ2) is 5.65. The van der Waals surface area contributed by atoms with Gasteiger partial charge in [0.25, 0.3) is 0 Å². The summed E-state index contributed by atoms with van der Waals surface area (Å²) < 4.78 is 0.535. The molecule has 0 heterocycles. The summed E-state index contributed by atoms with van der Waals surface area (Å²) >= 11 is 3.12. The van der Waals surface area contributed by atoms with E-state index in [4.69, 9.17) is 5.11 Å². The average molecular weight is 261 g/mol. The zero-order valence-electron chi connectivity index (χ0n) is 8.34. The SMILES string of the molecule is CC.Cc1cc(C(=O)O)cc(O)c1Br. The van der Waals surface area contributed by atoms with E-state index in [0.29, 0.717) is 10.0 Å². The van der Waals surface area contributed by atoms with Crippen LogP contribution in [-0.4, -0.2) is 16.2 Å². The van der Waals surface area contributed by atoms with Crippen molar-refractivity contribution in [3.63, 3.8) is 0 Å². The molecule has 0 unspecified atom stereocenters. The first-order valence-electron chi connectivity index (χ1n) is 4.25. The molecule has 14 heavy (non-hydrogen) atoms. The summed E-state index contributed by atoms with van der Waals surface area (Å²) in [5, 5.41) is 17.8. The van der Waals surface area contributed by atoms with E-state index in [9.17, 15) is 9.90 Å². The second-order valence-electron chi connectivity index (χ2n) is 2.43. The molecular weight excluding hydrogens is 248 g/mol. The van der Waals surface area contributed by atoms with E-state index in [1.54, 1.807) is 6.92 Å².